The van der Waals surface area contributed by atoms with Crippen molar-refractivity contribution in [1.82, 2.24) is 0 Å². The maximum Gasteiger partial charge on any atom is 0.472 e. The third-order valence-electron chi connectivity index (χ3n) is 10.2. The average Bonchev–Trinajstić information content (AvgIpc) is 3.25. The lowest BCUT2D eigenvalue weighted by Crippen LogP contribution is -2.29. The molecule has 354 valence electrons. The minimum atomic E-state index is -4.63. The molecular weight excluding hydrogens is 792 g/mol. The van der Waals surface area contributed by atoms with Crippen molar-refractivity contribution in [3.8, 4) is 0 Å². The number of ether oxygens (including phenoxy) is 2. The van der Waals surface area contributed by atoms with Gasteiger partial charge in [-0.3, -0.25) is 18.6 Å². The molecule has 0 amide bonds. The van der Waals surface area contributed by atoms with Crippen molar-refractivity contribution in [2.75, 3.05) is 26.4 Å². The van der Waals surface area contributed by atoms with Crippen LogP contribution in [-0.4, -0.2) is 65.7 Å². The minimum absolute atomic E-state index is 0.130. The van der Waals surface area contributed by atoms with E-state index in [1.54, 1.807) is 0 Å². The third-order valence-corrected chi connectivity index (χ3v) is 11.1. The lowest BCUT2D eigenvalue weighted by Gasteiger charge is -2.20. The molecule has 0 aromatic carbocycles. The molecule has 0 aromatic rings. The lowest BCUT2D eigenvalue weighted by molar-refractivity contribution is -0.161. The number of phosphoric ester groups is 1. The fourth-order valence-corrected chi connectivity index (χ4v) is 7.24. The molecule has 11 heteroatoms. The van der Waals surface area contributed by atoms with E-state index in [9.17, 15) is 24.2 Å². The van der Waals surface area contributed by atoms with E-state index in [0.29, 0.717) is 12.8 Å². The lowest BCUT2D eigenvalue weighted by atomic mass is 10.0. The van der Waals surface area contributed by atoms with Crippen molar-refractivity contribution in [3.63, 3.8) is 0 Å². The highest BCUT2D eigenvalue weighted by Crippen LogP contribution is 2.43. The number of allylic oxidation sites excluding steroid dienone is 10. The number of carbonyl (C=O) groups excluding carboxylic acids is 2. The molecule has 0 fully saturated rings. The normalized spacial score (nSPS) is 14.2. The van der Waals surface area contributed by atoms with E-state index >= 15 is 0 Å². The van der Waals surface area contributed by atoms with Crippen molar-refractivity contribution in [2.24, 2.45) is 0 Å². The summed E-state index contributed by atoms with van der Waals surface area (Å²) in [5.74, 6) is -0.973. The van der Waals surface area contributed by atoms with Gasteiger partial charge in [0.1, 0.15) is 12.7 Å². The molecule has 0 saturated heterocycles. The van der Waals surface area contributed by atoms with Gasteiger partial charge in [-0.1, -0.05) is 177 Å². The first-order valence-electron chi connectivity index (χ1n) is 24.2. The molecule has 0 rings (SSSR count). The molecule has 3 atom stereocenters. The Morgan fingerprint density at radius 2 is 0.902 bits per heavy atom. The van der Waals surface area contributed by atoms with Crippen LogP contribution >= 0.6 is 7.82 Å². The fourth-order valence-electron chi connectivity index (χ4n) is 6.45. The predicted molar refractivity (Wildman–Crippen MR) is 251 cm³/mol. The van der Waals surface area contributed by atoms with Crippen molar-refractivity contribution >= 4 is 19.8 Å². The van der Waals surface area contributed by atoms with Gasteiger partial charge in [-0.15, -0.1) is 0 Å². The van der Waals surface area contributed by atoms with E-state index < -0.39 is 51.8 Å². The summed E-state index contributed by atoms with van der Waals surface area (Å²) < 4.78 is 32.7. The molecule has 61 heavy (non-hydrogen) atoms. The van der Waals surface area contributed by atoms with Crippen LogP contribution in [0.3, 0.4) is 0 Å². The topological polar surface area (TPSA) is 149 Å². The maximum absolute atomic E-state index is 12.6. The Hall–Kier alpha value is -2.33. The smallest absolute Gasteiger partial charge is 0.462 e. The van der Waals surface area contributed by atoms with Crippen LogP contribution in [0.4, 0.5) is 0 Å². The molecule has 0 aliphatic rings. The second-order valence-corrected chi connectivity index (χ2v) is 17.6. The predicted octanol–water partition coefficient (Wildman–Crippen LogP) is 13.5. The van der Waals surface area contributed by atoms with E-state index in [-0.39, 0.29) is 19.4 Å². The summed E-state index contributed by atoms with van der Waals surface area (Å²) >= 11 is 0. The molecule has 0 aliphatic heterocycles. The van der Waals surface area contributed by atoms with Crippen LogP contribution in [0.15, 0.2) is 60.8 Å². The zero-order valence-electron chi connectivity index (χ0n) is 38.6. The van der Waals surface area contributed by atoms with Gasteiger partial charge in [0.05, 0.1) is 19.8 Å². The van der Waals surface area contributed by atoms with Gasteiger partial charge in [0, 0.05) is 12.8 Å². The van der Waals surface area contributed by atoms with Crippen LogP contribution in [0.25, 0.3) is 0 Å². The van der Waals surface area contributed by atoms with E-state index in [1.165, 1.54) is 109 Å². The number of unbranched alkanes of at least 4 members (excludes halogenated alkanes) is 21. The molecule has 3 unspecified atom stereocenters. The Bertz CT molecular complexity index is 1200. The largest absolute Gasteiger partial charge is 0.472 e. The van der Waals surface area contributed by atoms with Crippen molar-refractivity contribution in [1.29, 1.82) is 0 Å². The van der Waals surface area contributed by atoms with E-state index in [4.69, 9.17) is 23.6 Å². The molecule has 3 N–H and O–H groups in total. The monoisotopic (exact) mass is 881 g/mol. The number of rotatable bonds is 45. The molecule has 10 nitrogen and oxygen atoms in total. The van der Waals surface area contributed by atoms with Crippen LogP contribution in [0, 0.1) is 0 Å². The number of aliphatic hydroxyl groups excluding tert-OH is 2. The molecular formula is C50H89O10P. The second kappa shape index (κ2) is 45.7. The first kappa shape index (κ1) is 58.7. The molecule has 0 heterocycles. The number of hydrogen-bond acceptors (Lipinski definition) is 9. The SMILES string of the molecule is CC/C=C\C/C=C\C/C=C\C/C=C\CCCCC(=O)OC(COC(=O)CCCCCCCCCCCCC/C=C\CCCCCCCCCC)COP(=O)(O)OCC(O)CO. The van der Waals surface area contributed by atoms with Crippen LogP contribution in [0.2, 0.25) is 0 Å². The molecule has 0 aliphatic carbocycles. The Balaban J connectivity index is 4.21. The number of hydrogen-bond donors (Lipinski definition) is 3. The Labute approximate surface area is 372 Å². The van der Waals surface area contributed by atoms with Crippen LogP contribution in [-0.2, 0) is 32.7 Å². The van der Waals surface area contributed by atoms with Gasteiger partial charge in [-0.05, 0) is 77.0 Å². The number of carbonyl (C=O) groups is 2. The summed E-state index contributed by atoms with van der Waals surface area (Å²) in [6, 6.07) is 0. The Morgan fingerprint density at radius 3 is 1.41 bits per heavy atom. The molecule has 0 aromatic heterocycles. The summed E-state index contributed by atoms with van der Waals surface area (Å²) in [6.07, 6.45) is 52.0. The summed E-state index contributed by atoms with van der Waals surface area (Å²) in [7, 11) is -4.63. The Morgan fingerprint density at radius 1 is 0.508 bits per heavy atom. The molecule has 0 saturated carbocycles. The molecule has 0 bridgehead atoms. The highest BCUT2D eigenvalue weighted by molar-refractivity contribution is 7.47. The van der Waals surface area contributed by atoms with Crippen LogP contribution in [0.5, 0.6) is 0 Å². The first-order chi connectivity index (χ1) is 29.7. The summed E-state index contributed by atoms with van der Waals surface area (Å²) in [4.78, 5) is 35.1. The maximum atomic E-state index is 12.6. The van der Waals surface area contributed by atoms with E-state index in [2.05, 4.69) is 74.6 Å². The van der Waals surface area contributed by atoms with Gasteiger partial charge in [-0.2, -0.15) is 0 Å². The standard InChI is InChI=1S/C50H89O10P/c1-3-5-7-9-11-13-15-17-19-20-21-22-23-24-25-26-28-29-31-33-35-37-39-41-49(53)57-45-48(46-59-61(55,56)58-44-47(52)43-51)60-50(54)42-40-38-36-34-32-30-27-18-16-14-12-10-8-6-4-2/h6,8,12,14,18,20-21,27,32,34,47-48,51-52H,3-5,7,9-11,13,15-17,19,22-26,28-31,33,35-46H2,1-2H3,(H,55,56)/b8-6-,14-12-,21-20-,27-18-,34-32-. The van der Waals surface area contributed by atoms with Gasteiger partial charge in [-0.25, -0.2) is 4.57 Å². The first-order valence-corrected chi connectivity index (χ1v) is 25.7. The fraction of sp³-hybridized carbons (Fsp3) is 0.760. The Kier molecular flexibility index (Phi) is 43.9. The molecule has 0 radical (unpaired) electrons. The zero-order chi connectivity index (χ0) is 44.8. The van der Waals surface area contributed by atoms with Gasteiger partial charge in [0.2, 0.25) is 0 Å². The van der Waals surface area contributed by atoms with E-state index in [1.807, 2.05) is 0 Å². The highest BCUT2D eigenvalue weighted by Gasteiger charge is 2.27. The highest BCUT2D eigenvalue weighted by atomic mass is 31.2. The average molecular weight is 881 g/mol. The minimum Gasteiger partial charge on any atom is -0.462 e. The third kappa shape index (κ3) is 45.5. The van der Waals surface area contributed by atoms with Crippen molar-refractivity contribution in [3.05, 3.63) is 60.8 Å². The van der Waals surface area contributed by atoms with Crippen molar-refractivity contribution in [2.45, 2.75) is 219 Å². The summed E-state index contributed by atoms with van der Waals surface area (Å²) in [5.41, 5.74) is 0. The molecule has 0 spiro atoms. The van der Waals surface area contributed by atoms with E-state index in [0.717, 1.165) is 57.8 Å². The van der Waals surface area contributed by atoms with Gasteiger partial charge in [0.25, 0.3) is 0 Å². The number of esters is 2. The number of phosphoric acid groups is 1. The van der Waals surface area contributed by atoms with Crippen LogP contribution < -0.4 is 0 Å². The van der Waals surface area contributed by atoms with Crippen LogP contribution in [0.1, 0.15) is 206 Å². The summed E-state index contributed by atoms with van der Waals surface area (Å²) in [6.45, 7) is 2.23. The quantitative estimate of drug-likeness (QED) is 0.0233. The summed E-state index contributed by atoms with van der Waals surface area (Å²) in [5, 5.41) is 18.4. The zero-order valence-corrected chi connectivity index (χ0v) is 39.5. The van der Waals surface area contributed by atoms with Crippen molar-refractivity contribution < 1.29 is 47.8 Å². The number of aliphatic hydroxyl groups is 2. The van der Waals surface area contributed by atoms with Gasteiger partial charge in [0.15, 0.2) is 6.10 Å². The van der Waals surface area contributed by atoms with Gasteiger partial charge >= 0.3 is 19.8 Å². The van der Waals surface area contributed by atoms with Gasteiger partial charge < -0.3 is 24.6 Å². The second-order valence-electron chi connectivity index (χ2n) is 16.1.